The van der Waals surface area contributed by atoms with Crippen molar-refractivity contribution in [2.75, 3.05) is 0 Å². The van der Waals surface area contributed by atoms with Crippen LogP contribution >= 0.6 is 0 Å². The van der Waals surface area contributed by atoms with Crippen molar-refractivity contribution in [2.45, 2.75) is 52.7 Å². The summed E-state index contributed by atoms with van der Waals surface area (Å²) in [7, 11) is 0. The van der Waals surface area contributed by atoms with Crippen molar-refractivity contribution < 1.29 is 24.2 Å². The molecule has 2 N–H and O–H groups in total. The normalized spacial score (nSPS) is 11.0. The van der Waals surface area contributed by atoms with Crippen molar-refractivity contribution in [3.8, 4) is 0 Å². The molecule has 140 valence electrons. The van der Waals surface area contributed by atoms with Gasteiger partial charge in [0.25, 0.3) is 0 Å². The smallest absolute Gasteiger partial charge is 0.338 e. The summed E-state index contributed by atoms with van der Waals surface area (Å²) in [6.45, 7) is 9.33. The van der Waals surface area contributed by atoms with Crippen LogP contribution in [0.25, 0.3) is 0 Å². The van der Waals surface area contributed by atoms with Crippen molar-refractivity contribution in [2.24, 2.45) is 0 Å². The molecule has 0 aliphatic rings. The number of ether oxygens (including phenoxy) is 1. The first-order valence-corrected chi connectivity index (χ1v) is 7.40. The number of amides is 1. The largest absolute Gasteiger partial charge is 0.520 e. The van der Waals surface area contributed by atoms with Crippen LogP contribution in [-0.2, 0) is 20.7 Å². The molecule has 0 aliphatic heterocycles. The van der Waals surface area contributed by atoms with Crippen LogP contribution in [0, 0.1) is 0 Å². The molecule has 0 heterocycles. The van der Waals surface area contributed by atoms with Gasteiger partial charge in [-0.2, -0.15) is 6.41 Å². The van der Waals surface area contributed by atoms with E-state index in [-0.39, 0.29) is 6.42 Å². The second kappa shape index (κ2) is 10.4. The molecule has 1 rings (SSSR count). The molecule has 0 spiro atoms. The van der Waals surface area contributed by atoms with Gasteiger partial charge in [-0.05, 0) is 38.5 Å². The molecule has 24 heavy (non-hydrogen) atoms. The average molecular weight is 579 g/mol. The molecule has 0 saturated heterocycles. The first-order chi connectivity index (χ1) is 10.7. The van der Waals surface area contributed by atoms with Crippen molar-refractivity contribution in [3.63, 3.8) is 0 Å². The Morgan fingerprint density at radius 3 is 2.08 bits per heavy atom. The number of aliphatic carboxylic acids is 1. The van der Waals surface area contributed by atoms with Crippen molar-refractivity contribution >= 4 is 18.3 Å². The maximum absolute atomic E-state index is 11.8. The number of carboxylic acid groups (broad SMARTS) is 1. The van der Waals surface area contributed by atoms with Gasteiger partial charge in [0.1, 0.15) is 11.6 Å². The maximum atomic E-state index is 11.8. The third-order valence-electron chi connectivity index (χ3n) is 2.56. The number of carboxylic acids is 1. The molecule has 1 atom stereocenters. The van der Waals surface area contributed by atoms with Gasteiger partial charge in [0.05, 0.1) is 5.56 Å². The van der Waals surface area contributed by atoms with E-state index < -0.39 is 23.6 Å². The van der Waals surface area contributed by atoms with Gasteiger partial charge in [-0.1, -0.05) is 26.0 Å². The Morgan fingerprint density at radius 1 is 1.21 bits per heavy atom. The first-order valence-electron chi connectivity index (χ1n) is 7.40. The van der Waals surface area contributed by atoms with Crippen LogP contribution in [-0.4, -0.2) is 35.1 Å². The molecule has 0 radical (unpaired) electrons. The van der Waals surface area contributed by atoms with E-state index in [1.54, 1.807) is 45.0 Å². The Balaban J connectivity index is 0. The van der Waals surface area contributed by atoms with E-state index in [0.29, 0.717) is 11.1 Å². The van der Waals surface area contributed by atoms with Crippen LogP contribution in [0.15, 0.2) is 24.3 Å². The topological polar surface area (TPSA) is 92.7 Å². The van der Waals surface area contributed by atoms with Crippen LogP contribution in [0.4, 0.5) is 0 Å². The Morgan fingerprint density at radius 2 is 1.71 bits per heavy atom. The zero-order chi connectivity index (χ0) is 18.0. The van der Waals surface area contributed by atoms with E-state index in [4.69, 9.17) is 9.84 Å². The van der Waals surface area contributed by atoms with Crippen LogP contribution in [0.3, 0.4) is 0 Å². The van der Waals surface area contributed by atoms with Gasteiger partial charge in [-0.25, -0.2) is 4.79 Å². The van der Waals surface area contributed by atoms with Gasteiger partial charge in [0, 0.05) is 6.42 Å². The van der Waals surface area contributed by atoms with Crippen LogP contribution in [0.1, 0.15) is 50.5 Å². The molecule has 1 amide bonds. The van der Waals surface area contributed by atoms with E-state index in [9.17, 15) is 14.4 Å². The number of hydrogen-bond donors (Lipinski definition) is 2. The van der Waals surface area contributed by atoms with Crippen LogP contribution < -0.4 is 5.32 Å². The number of nitrogens with one attached hydrogen (secondary N) is 1. The molecule has 6 nitrogen and oxygen atoms in total. The van der Waals surface area contributed by atoms with Gasteiger partial charge in [0.15, 0.2) is 0 Å². The standard InChI is InChI=1S/C15H18NO5.C2H6.Fm/c1-15(2,3)21-14(20)11-6-4-10(5-7-11)8-12(13(18)19)16-9-17;1-2;/h4-7,12H,8H2,1-3H3,(H,16,17)(H,18,19);1-2H3;/q-1;;. The van der Waals surface area contributed by atoms with E-state index in [1.807, 2.05) is 13.8 Å². The summed E-state index contributed by atoms with van der Waals surface area (Å²) in [6.07, 6.45) is 1.48. The Bertz CT molecular complexity index is 523. The van der Waals surface area contributed by atoms with E-state index in [2.05, 4.69) is 5.32 Å². The third kappa shape index (κ3) is 8.17. The SMILES string of the molecule is CC.CC(C)(C)OC(=O)c1ccc(CC(N[C-]=O)C(=O)O)cc1.[Fm]. The fourth-order valence-electron chi connectivity index (χ4n) is 1.62. The maximum Gasteiger partial charge on any atom is 0.338 e. The Labute approximate surface area is 136 Å². The number of hydrogen-bond acceptors (Lipinski definition) is 4. The van der Waals surface area contributed by atoms with Crippen molar-refractivity contribution in [1.29, 1.82) is 0 Å². The number of carbonyl (C=O) groups excluding carboxylic acids is 2. The number of benzene rings is 1. The van der Waals surface area contributed by atoms with E-state index in [1.165, 1.54) is 6.41 Å². The second-order valence-electron chi connectivity index (χ2n) is 5.54. The Kier molecular flexibility index (Phi) is 9.90. The molecule has 0 aromatic heterocycles. The number of rotatable bonds is 6. The molecule has 1 unspecified atom stereocenters. The molecule has 1 aromatic carbocycles. The van der Waals surface area contributed by atoms with Gasteiger partial charge in [-0.15, -0.1) is 0 Å². The van der Waals surface area contributed by atoms with E-state index in [0.717, 1.165) is 0 Å². The summed E-state index contributed by atoms with van der Waals surface area (Å²) in [5.41, 5.74) is 0.487. The zero-order valence-electron chi connectivity index (χ0n) is 14.5. The molecular formula is C17H24FmNO5-. The summed E-state index contributed by atoms with van der Waals surface area (Å²) in [4.78, 5) is 33.0. The number of carbonyl (C=O) groups is 2. The summed E-state index contributed by atoms with van der Waals surface area (Å²) in [5.74, 6) is -1.59. The van der Waals surface area contributed by atoms with Gasteiger partial charge in [-0.3, -0.25) is 4.79 Å². The minimum absolute atomic E-state index is 0. The van der Waals surface area contributed by atoms with Gasteiger partial charge in [0.2, 0.25) is 0 Å². The molecule has 0 fully saturated rings. The van der Waals surface area contributed by atoms with Crippen molar-refractivity contribution in [3.05, 3.63) is 35.4 Å². The molecular weight excluding hydrogens is 555 g/mol. The van der Waals surface area contributed by atoms with E-state index >= 15 is 0 Å². The summed E-state index contributed by atoms with van der Waals surface area (Å²) < 4.78 is 5.22. The fraction of sp³-hybridized carbons (Fsp3) is 0.471. The monoisotopic (exact) mass is 579 g/mol. The van der Waals surface area contributed by atoms with Crippen LogP contribution in [0.2, 0.25) is 0 Å². The summed E-state index contributed by atoms with van der Waals surface area (Å²) >= 11 is 0. The molecule has 0 aliphatic carbocycles. The predicted octanol–water partition coefficient (Wildman–Crippen LogP) is 2.32. The summed E-state index contributed by atoms with van der Waals surface area (Å²) in [5, 5.41) is 11.0. The minimum Gasteiger partial charge on any atom is -0.520 e. The molecule has 0 saturated carbocycles. The second-order valence-corrected chi connectivity index (χ2v) is 5.54. The fourth-order valence-corrected chi connectivity index (χ4v) is 1.62. The zero-order valence-corrected chi connectivity index (χ0v) is 16.9. The quantitative estimate of drug-likeness (QED) is 0.307. The molecule has 1 aromatic rings. The van der Waals surface area contributed by atoms with Crippen LogP contribution in [0.5, 0.6) is 0 Å². The van der Waals surface area contributed by atoms with Gasteiger partial charge >= 0.3 is 11.9 Å². The first kappa shape index (κ1) is 22.9. The molecule has 7 heteroatoms. The minimum atomic E-state index is -1.14. The Hall–Kier alpha value is -3.37. The third-order valence-corrected chi connectivity index (χ3v) is 2.56. The summed E-state index contributed by atoms with van der Waals surface area (Å²) in [6, 6.07) is 5.33. The average Bonchev–Trinajstić information content (AvgIpc) is 2.47. The predicted molar refractivity (Wildman–Crippen MR) is 86.9 cm³/mol. The van der Waals surface area contributed by atoms with Gasteiger partial charge < -0.3 is 20.0 Å². The molecule has 0 bridgehead atoms. The van der Waals surface area contributed by atoms with Crippen molar-refractivity contribution in [1.82, 2.24) is 5.32 Å². The number of esters is 1.